The van der Waals surface area contributed by atoms with Crippen molar-refractivity contribution in [3.63, 3.8) is 0 Å². The molecule has 0 aliphatic heterocycles. The molecule has 0 spiro atoms. The molecule has 17 heavy (non-hydrogen) atoms. The molecule has 1 N–H and O–H groups in total. The minimum atomic E-state index is -0.359. The molecule has 4 nitrogen and oxygen atoms in total. The van der Waals surface area contributed by atoms with Crippen molar-refractivity contribution in [2.24, 2.45) is 0 Å². The highest BCUT2D eigenvalue weighted by Gasteiger charge is 2.10. The Morgan fingerprint density at radius 3 is 2.94 bits per heavy atom. The summed E-state index contributed by atoms with van der Waals surface area (Å²) in [6.45, 7) is 0.281. The average Bonchev–Trinajstić information content (AvgIpc) is 2.78. The van der Waals surface area contributed by atoms with E-state index < -0.39 is 0 Å². The van der Waals surface area contributed by atoms with E-state index in [1.165, 1.54) is 24.5 Å². The molecule has 0 aliphatic rings. The van der Waals surface area contributed by atoms with Crippen LogP contribution in [-0.2, 0) is 6.54 Å². The summed E-state index contributed by atoms with van der Waals surface area (Å²) in [7, 11) is 0. The van der Waals surface area contributed by atoms with Crippen LogP contribution in [0.5, 0.6) is 0 Å². The monoisotopic (exact) mass is 346 g/mol. The largest absolute Gasteiger partial charge is 0.364 e. The number of carbonyl (C=O) groups is 1. The van der Waals surface area contributed by atoms with Crippen molar-refractivity contribution in [1.29, 1.82) is 0 Å². The zero-order valence-electron chi connectivity index (χ0n) is 8.61. The molecule has 1 aromatic carbocycles. The second-order valence-corrected chi connectivity index (χ2v) is 4.46. The van der Waals surface area contributed by atoms with Crippen LogP contribution in [-0.4, -0.2) is 11.1 Å². The topological polar surface area (TPSA) is 55.1 Å². The fourth-order valence-corrected chi connectivity index (χ4v) is 1.99. The molecule has 1 aromatic heterocycles. The Kier molecular flexibility index (Phi) is 3.72. The van der Waals surface area contributed by atoms with Gasteiger partial charge in [-0.25, -0.2) is 4.39 Å². The van der Waals surface area contributed by atoms with Crippen molar-refractivity contribution >= 4 is 28.5 Å². The van der Waals surface area contributed by atoms with Gasteiger partial charge in [-0.05, 0) is 40.8 Å². The van der Waals surface area contributed by atoms with Crippen LogP contribution in [0.15, 0.2) is 35.1 Å². The lowest BCUT2D eigenvalue weighted by Gasteiger charge is -2.05. The Balaban J connectivity index is 2.04. The van der Waals surface area contributed by atoms with Gasteiger partial charge in [0.2, 0.25) is 0 Å². The third kappa shape index (κ3) is 3.02. The molecule has 0 unspecified atom stereocenters. The first-order valence-electron chi connectivity index (χ1n) is 4.79. The van der Waals surface area contributed by atoms with Crippen LogP contribution in [0, 0.1) is 9.39 Å². The quantitative estimate of drug-likeness (QED) is 0.869. The van der Waals surface area contributed by atoms with E-state index in [4.69, 9.17) is 0 Å². The van der Waals surface area contributed by atoms with Gasteiger partial charge in [-0.3, -0.25) is 4.79 Å². The first-order chi connectivity index (χ1) is 8.16. The molecule has 2 aromatic rings. The summed E-state index contributed by atoms with van der Waals surface area (Å²) in [5, 5.41) is 6.34. The number of hydrogen-bond donors (Lipinski definition) is 1. The highest BCUT2D eigenvalue weighted by molar-refractivity contribution is 14.1. The maximum Gasteiger partial charge on any atom is 0.252 e. The Bertz CT molecular complexity index is 528. The lowest BCUT2D eigenvalue weighted by Crippen LogP contribution is -2.23. The van der Waals surface area contributed by atoms with E-state index in [2.05, 4.69) is 15.0 Å². The van der Waals surface area contributed by atoms with Gasteiger partial charge in [0.05, 0.1) is 12.1 Å². The predicted octanol–water partition coefficient (Wildman–Crippen LogP) is 2.35. The molecule has 0 atom stereocenters. The summed E-state index contributed by atoms with van der Waals surface area (Å²) in [5.41, 5.74) is 1.07. The molecule has 6 heteroatoms. The Hall–Kier alpha value is -1.44. The van der Waals surface area contributed by atoms with Gasteiger partial charge in [-0.15, -0.1) is 0 Å². The van der Waals surface area contributed by atoms with E-state index in [1.807, 2.05) is 22.6 Å². The molecule has 2 rings (SSSR count). The van der Waals surface area contributed by atoms with Crippen molar-refractivity contribution in [3.8, 4) is 0 Å². The normalized spacial score (nSPS) is 10.2. The number of nitrogens with zero attached hydrogens (tertiary/aromatic N) is 1. The Labute approximate surface area is 110 Å². The number of amides is 1. The van der Waals surface area contributed by atoms with Gasteiger partial charge in [-0.1, -0.05) is 5.16 Å². The molecule has 0 radical (unpaired) electrons. The minimum Gasteiger partial charge on any atom is -0.364 e. The standard InChI is InChI=1S/C11H8FIN2O2/c12-7-1-2-9(10(13)5-7)11(16)14-6-8-3-4-17-15-8/h1-5H,6H2,(H,14,16). The zero-order chi connectivity index (χ0) is 12.3. The summed E-state index contributed by atoms with van der Waals surface area (Å²) in [6, 6.07) is 5.68. The Morgan fingerprint density at radius 1 is 1.47 bits per heavy atom. The number of hydrogen-bond acceptors (Lipinski definition) is 3. The summed E-state index contributed by atoms with van der Waals surface area (Å²) in [4.78, 5) is 11.8. The summed E-state index contributed by atoms with van der Waals surface area (Å²) in [5.74, 6) is -0.625. The smallest absolute Gasteiger partial charge is 0.252 e. The number of benzene rings is 1. The molecule has 0 saturated carbocycles. The molecule has 88 valence electrons. The summed E-state index contributed by atoms with van der Waals surface area (Å²) >= 11 is 1.92. The number of halogens is 2. The van der Waals surface area contributed by atoms with Gasteiger partial charge in [0, 0.05) is 9.64 Å². The molecule has 1 amide bonds. The second kappa shape index (κ2) is 5.26. The van der Waals surface area contributed by atoms with E-state index in [1.54, 1.807) is 6.07 Å². The van der Waals surface area contributed by atoms with E-state index in [0.717, 1.165) is 0 Å². The van der Waals surface area contributed by atoms with Gasteiger partial charge in [0.25, 0.3) is 5.91 Å². The molecule has 0 aliphatic carbocycles. The SMILES string of the molecule is O=C(NCc1ccon1)c1ccc(F)cc1I. The van der Waals surface area contributed by atoms with Gasteiger partial charge in [-0.2, -0.15) is 0 Å². The van der Waals surface area contributed by atoms with Gasteiger partial charge in [0.15, 0.2) is 0 Å². The number of carbonyl (C=O) groups excluding carboxylic acids is 1. The van der Waals surface area contributed by atoms with Crippen LogP contribution in [0.25, 0.3) is 0 Å². The third-order valence-corrected chi connectivity index (χ3v) is 2.99. The molecular weight excluding hydrogens is 338 g/mol. The van der Waals surface area contributed by atoms with Crippen LogP contribution in [0.2, 0.25) is 0 Å². The van der Waals surface area contributed by atoms with E-state index >= 15 is 0 Å². The van der Waals surface area contributed by atoms with Crippen LogP contribution in [0.3, 0.4) is 0 Å². The van der Waals surface area contributed by atoms with Gasteiger partial charge >= 0.3 is 0 Å². The van der Waals surface area contributed by atoms with Crippen LogP contribution >= 0.6 is 22.6 Å². The van der Waals surface area contributed by atoms with Crippen molar-refractivity contribution < 1.29 is 13.7 Å². The second-order valence-electron chi connectivity index (χ2n) is 3.30. The van der Waals surface area contributed by atoms with E-state index in [9.17, 15) is 9.18 Å². The van der Waals surface area contributed by atoms with Crippen molar-refractivity contribution in [3.05, 3.63) is 51.2 Å². The first kappa shape index (κ1) is 12.0. The van der Waals surface area contributed by atoms with E-state index in [-0.39, 0.29) is 18.3 Å². The predicted molar refractivity (Wildman–Crippen MR) is 66.8 cm³/mol. The average molecular weight is 346 g/mol. The maximum absolute atomic E-state index is 12.9. The molecule has 0 saturated heterocycles. The van der Waals surface area contributed by atoms with Crippen LogP contribution in [0.4, 0.5) is 4.39 Å². The fourth-order valence-electron chi connectivity index (χ4n) is 1.27. The summed E-state index contributed by atoms with van der Waals surface area (Å²) < 4.78 is 18.1. The highest BCUT2D eigenvalue weighted by atomic mass is 127. The molecule has 0 bridgehead atoms. The van der Waals surface area contributed by atoms with Crippen LogP contribution in [0.1, 0.15) is 16.1 Å². The van der Waals surface area contributed by atoms with Crippen molar-refractivity contribution in [1.82, 2.24) is 10.5 Å². The highest BCUT2D eigenvalue weighted by Crippen LogP contribution is 2.13. The number of nitrogens with one attached hydrogen (secondary N) is 1. The molecular formula is C11H8FIN2O2. The van der Waals surface area contributed by atoms with Gasteiger partial charge < -0.3 is 9.84 Å². The number of rotatable bonds is 3. The minimum absolute atomic E-state index is 0.266. The Morgan fingerprint density at radius 2 is 2.29 bits per heavy atom. The van der Waals surface area contributed by atoms with E-state index in [0.29, 0.717) is 14.8 Å². The summed E-state index contributed by atoms with van der Waals surface area (Å²) in [6.07, 6.45) is 1.43. The first-order valence-corrected chi connectivity index (χ1v) is 5.87. The zero-order valence-corrected chi connectivity index (χ0v) is 10.8. The lowest BCUT2D eigenvalue weighted by atomic mass is 10.2. The molecule has 0 fully saturated rings. The van der Waals surface area contributed by atoms with Crippen molar-refractivity contribution in [2.45, 2.75) is 6.54 Å². The number of aromatic nitrogens is 1. The third-order valence-electron chi connectivity index (χ3n) is 2.10. The van der Waals surface area contributed by atoms with Crippen LogP contribution < -0.4 is 5.32 Å². The molecule has 1 heterocycles. The fraction of sp³-hybridized carbons (Fsp3) is 0.0909. The maximum atomic E-state index is 12.9. The van der Waals surface area contributed by atoms with Crippen molar-refractivity contribution in [2.75, 3.05) is 0 Å². The van der Waals surface area contributed by atoms with Gasteiger partial charge in [0.1, 0.15) is 17.8 Å². The lowest BCUT2D eigenvalue weighted by molar-refractivity contribution is 0.0949.